The van der Waals surface area contributed by atoms with E-state index in [1.807, 2.05) is 6.07 Å². The number of hydrogen-bond acceptors (Lipinski definition) is 5. The van der Waals surface area contributed by atoms with E-state index in [-0.39, 0.29) is 23.6 Å². The third-order valence-electron chi connectivity index (χ3n) is 3.60. The van der Waals surface area contributed by atoms with Crippen LogP contribution in [0.2, 0.25) is 0 Å². The van der Waals surface area contributed by atoms with Crippen LogP contribution in [-0.2, 0) is 6.54 Å². The number of nitrogens with one attached hydrogen (secondary N) is 1. The van der Waals surface area contributed by atoms with Crippen molar-refractivity contribution in [1.29, 1.82) is 0 Å². The number of aliphatic hydroxyl groups is 1. The van der Waals surface area contributed by atoms with Crippen molar-refractivity contribution in [3.05, 3.63) is 71.5 Å². The van der Waals surface area contributed by atoms with E-state index in [0.717, 1.165) is 0 Å². The number of halogens is 1. The van der Waals surface area contributed by atoms with Gasteiger partial charge in [-0.25, -0.2) is 4.39 Å². The Kier molecular flexibility index (Phi) is 4.85. The Morgan fingerprint density at radius 2 is 2.04 bits per heavy atom. The van der Waals surface area contributed by atoms with Crippen molar-refractivity contribution in [3.8, 4) is 11.3 Å². The number of aromatic nitrogens is 2. The van der Waals surface area contributed by atoms with Crippen LogP contribution in [0.4, 0.5) is 4.39 Å². The van der Waals surface area contributed by atoms with Crippen molar-refractivity contribution in [2.75, 3.05) is 0 Å². The van der Waals surface area contributed by atoms with Gasteiger partial charge in [0.1, 0.15) is 23.2 Å². The van der Waals surface area contributed by atoms with Crippen molar-refractivity contribution in [3.63, 3.8) is 0 Å². The van der Waals surface area contributed by atoms with Gasteiger partial charge in [0.05, 0.1) is 12.2 Å². The first-order valence-electron chi connectivity index (χ1n) is 7.68. The monoisotopic (exact) mass is 341 g/mol. The molecule has 3 aromatic rings. The smallest absolute Gasteiger partial charge is 0.257 e. The highest BCUT2D eigenvalue weighted by atomic mass is 19.1. The molecule has 0 radical (unpaired) electrons. The number of hydrogen-bond donors (Lipinski definition) is 2. The average Bonchev–Trinajstić information content (AvgIpc) is 3.06. The van der Waals surface area contributed by atoms with Crippen LogP contribution >= 0.6 is 0 Å². The Morgan fingerprint density at radius 1 is 1.28 bits per heavy atom. The van der Waals surface area contributed by atoms with Gasteiger partial charge >= 0.3 is 0 Å². The number of pyridine rings is 1. The molecule has 3 rings (SSSR count). The lowest BCUT2D eigenvalue weighted by Crippen LogP contribution is -2.24. The predicted molar refractivity (Wildman–Crippen MR) is 87.9 cm³/mol. The standard InChI is InChI=1S/C18H16FN3O3/c1-11(23)17-15(18(24)21-10-14-4-2-3-9-20-14)16(22-25-17)12-5-7-13(19)8-6-12/h2-9,11,23H,10H2,1H3,(H,21,24)/t11-/m0/s1. The number of carbonyl (C=O) groups excluding carboxylic acids is 1. The molecular formula is C18H16FN3O3. The van der Waals surface area contributed by atoms with Crippen LogP contribution in [0.3, 0.4) is 0 Å². The molecule has 1 aromatic carbocycles. The molecular weight excluding hydrogens is 325 g/mol. The van der Waals surface area contributed by atoms with E-state index in [1.54, 1.807) is 18.3 Å². The van der Waals surface area contributed by atoms with Crippen LogP contribution in [0.5, 0.6) is 0 Å². The molecule has 2 heterocycles. The average molecular weight is 341 g/mol. The zero-order valence-corrected chi connectivity index (χ0v) is 13.4. The number of rotatable bonds is 5. The number of benzene rings is 1. The van der Waals surface area contributed by atoms with E-state index < -0.39 is 17.8 Å². The second-order valence-electron chi connectivity index (χ2n) is 5.46. The molecule has 2 N–H and O–H groups in total. The minimum absolute atomic E-state index is 0.0536. The first-order chi connectivity index (χ1) is 12.1. The highest BCUT2D eigenvalue weighted by Crippen LogP contribution is 2.29. The van der Waals surface area contributed by atoms with Crippen molar-refractivity contribution in [2.45, 2.75) is 19.6 Å². The molecule has 0 aliphatic rings. The predicted octanol–water partition coefficient (Wildman–Crippen LogP) is 2.86. The van der Waals surface area contributed by atoms with Crippen molar-refractivity contribution >= 4 is 5.91 Å². The van der Waals surface area contributed by atoms with Crippen molar-refractivity contribution < 1.29 is 18.8 Å². The lowest BCUT2D eigenvalue weighted by Gasteiger charge is -2.07. The maximum atomic E-state index is 13.1. The SMILES string of the molecule is C[C@H](O)c1onc(-c2ccc(F)cc2)c1C(=O)NCc1ccccn1. The second-order valence-corrected chi connectivity index (χ2v) is 5.46. The third-order valence-corrected chi connectivity index (χ3v) is 3.60. The van der Waals surface area contributed by atoms with Gasteiger partial charge < -0.3 is 14.9 Å². The minimum Gasteiger partial charge on any atom is -0.385 e. The van der Waals surface area contributed by atoms with Crippen molar-refractivity contribution in [2.24, 2.45) is 0 Å². The lowest BCUT2D eigenvalue weighted by atomic mass is 10.0. The van der Waals surface area contributed by atoms with Crippen LogP contribution in [0, 0.1) is 5.82 Å². The summed E-state index contributed by atoms with van der Waals surface area (Å²) in [5, 5.41) is 16.5. The summed E-state index contributed by atoms with van der Waals surface area (Å²) in [5.41, 5.74) is 1.57. The van der Waals surface area contributed by atoms with E-state index in [4.69, 9.17) is 4.52 Å². The Bertz CT molecular complexity index is 861. The van der Waals surface area contributed by atoms with Gasteiger partial charge in [-0.05, 0) is 43.3 Å². The fraction of sp³-hybridized carbons (Fsp3) is 0.167. The Hall–Kier alpha value is -3.06. The highest BCUT2D eigenvalue weighted by molar-refractivity contribution is 6.00. The maximum Gasteiger partial charge on any atom is 0.257 e. The van der Waals surface area contributed by atoms with Crippen LogP contribution in [0.15, 0.2) is 53.2 Å². The van der Waals surface area contributed by atoms with Gasteiger partial charge in [0, 0.05) is 11.8 Å². The number of carbonyl (C=O) groups is 1. The fourth-order valence-electron chi connectivity index (χ4n) is 2.37. The van der Waals surface area contributed by atoms with E-state index in [9.17, 15) is 14.3 Å². The molecule has 128 valence electrons. The van der Waals surface area contributed by atoms with E-state index >= 15 is 0 Å². The molecule has 0 aliphatic heterocycles. The Labute approximate surface area is 143 Å². The molecule has 7 heteroatoms. The van der Waals surface area contributed by atoms with Gasteiger partial charge in [0.2, 0.25) is 0 Å². The van der Waals surface area contributed by atoms with Crippen molar-refractivity contribution in [1.82, 2.24) is 15.5 Å². The van der Waals surface area contributed by atoms with E-state index in [0.29, 0.717) is 11.3 Å². The second kappa shape index (κ2) is 7.23. The number of aliphatic hydroxyl groups excluding tert-OH is 1. The highest BCUT2D eigenvalue weighted by Gasteiger charge is 2.26. The van der Waals surface area contributed by atoms with Gasteiger partial charge in [-0.1, -0.05) is 11.2 Å². The summed E-state index contributed by atoms with van der Waals surface area (Å²) < 4.78 is 18.3. The van der Waals surface area contributed by atoms with Crippen LogP contribution < -0.4 is 5.32 Å². The molecule has 1 atom stereocenters. The normalized spacial score (nSPS) is 12.0. The quantitative estimate of drug-likeness (QED) is 0.745. The largest absolute Gasteiger partial charge is 0.385 e. The van der Waals surface area contributed by atoms with E-state index in [2.05, 4.69) is 15.5 Å². The topological polar surface area (TPSA) is 88.2 Å². The summed E-state index contributed by atoms with van der Waals surface area (Å²) in [7, 11) is 0. The summed E-state index contributed by atoms with van der Waals surface area (Å²) in [5.74, 6) is -0.802. The lowest BCUT2D eigenvalue weighted by molar-refractivity contribution is 0.0937. The van der Waals surface area contributed by atoms with Crippen LogP contribution in [0.1, 0.15) is 34.8 Å². The molecule has 0 saturated carbocycles. The minimum atomic E-state index is -1.02. The Balaban J connectivity index is 1.91. The molecule has 25 heavy (non-hydrogen) atoms. The molecule has 6 nitrogen and oxygen atoms in total. The summed E-state index contributed by atoms with van der Waals surface area (Å²) in [6.45, 7) is 1.69. The van der Waals surface area contributed by atoms with Gasteiger partial charge in [-0.2, -0.15) is 0 Å². The summed E-state index contributed by atoms with van der Waals surface area (Å²) in [4.78, 5) is 16.8. The van der Waals surface area contributed by atoms with Gasteiger partial charge in [-0.15, -0.1) is 0 Å². The fourth-order valence-corrected chi connectivity index (χ4v) is 2.37. The molecule has 0 fully saturated rings. The first-order valence-corrected chi connectivity index (χ1v) is 7.68. The molecule has 0 unspecified atom stereocenters. The van der Waals surface area contributed by atoms with Crippen LogP contribution in [0.25, 0.3) is 11.3 Å². The molecule has 0 aliphatic carbocycles. The molecule has 0 bridgehead atoms. The molecule has 0 spiro atoms. The zero-order valence-electron chi connectivity index (χ0n) is 13.4. The van der Waals surface area contributed by atoms with Gasteiger partial charge in [-0.3, -0.25) is 9.78 Å². The summed E-state index contributed by atoms with van der Waals surface area (Å²) >= 11 is 0. The van der Waals surface area contributed by atoms with E-state index in [1.165, 1.54) is 31.2 Å². The third kappa shape index (κ3) is 3.72. The van der Waals surface area contributed by atoms with Gasteiger partial charge in [0.15, 0.2) is 5.76 Å². The number of nitrogens with zero attached hydrogens (tertiary/aromatic N) is 2. The summed E-state index contributed by atoms with van der Waals surface area (Å²) in [6, 6.07) is 10.9. The molecule has 1 amide bonds. The number of amides is 1. The first kappa shape index (κ1) is 16.8. The maximum absolute atomic E-state index is 13.1. The molecule has 2 aromatic heterocycles. The molecule has 0 saturated heterocycles. The summed E-state index contributed by atoms with van der Waals surface area (Å²) in [6.07, 6.45) is 0.615. The zero-order chi connectivity index (χ0) is 17.8. The van der Waals surface area contributed by atoms with Crippen LogP contribution in [-0.4, -0.2) is 21.2 Å². The Morgan fingerprint density at radius 3 is 2.68 bits per heavy atom. The van der Waals surface area contributed by atoms with Gasteiger partial charge in [0.25, 0.3) is 5.91 Å².